The van der Waals surface area contributed by atoms with E-state index in [-0.39, 0.29) is 17.6 Å². The molecule has 2 rings (SSSR count). The van der Waals surface area contributed by atoms with Crippen molar-refractivity contribution < 1.29 is 9.53 Å². The van der Waals surface area contributed by atoms with Crippen molar-refractivity contribution in [1.82, 2.24) is 15.5 Å². The summed E-state index contributed by atoms with van der Waals surface area (Å²) in [4.78, 5) is 14.7. The van der Waals surface area contributed by atoms with Crippen molar-refractivity contribution in [3.8, 4) is 0 Å². The van der Waals surface area contributed by atoms with E-state index in [1.54, 1.807) is 0 Å². The van der Waals surface area contributed by atoms with Crippen molar-refractivity contribution >= 4 is 17.8 Å². The van der Waals surface area contributed by atoms with Crippen molar-refractivity contribution in [2.75, 3.05) is 44.4 Å². The summed E-state index contributed by atoms with van der Waals surface area (Å²) < 4.78 is 5.48. The minimum Gasteiger partial charge on any atom is -0.379 e. The van der Waals surface area contributed by atoms with Crippen LogP contribution in [0.15, 0.2) is 0 Å². The standard InChI is InChI=1S/C17H33N3O2S/c1-3-4-5-6-15(2)19-16(21)18-13-17(7-12-23-14-17)20-8-10-22-11-9-20/h15H,3-14H2,1-2H3,(H2,18,19,21). The second-order valence-electron chi connectivity index (χ2n) is 6.85. The minimum atomic E-state index is -0.0152. The minimum absolute atomic E-state index is 0.0152. The van der Waals surface area contributed by atoms with E-state index in [9.17, 15) is 4.79 Å². The molecule has 0 spiro atoms. The molecular weight excluding hydrogens is 310 g/mol. The number of nitrogens with one attached hydrogen (secondary N) is 2. The van der Waals surface area contributed by atoms with Gasteiger partial charge in [0.05, 0.1) is 13.2 Å². The Balaban J connectivity index is 1.76. The molecular formula is C17H33N3O2S. The predicted molar refractivity (Wildman–Crippen MR) is 97.2 cm³/mol. The molecule has 6 heteroatoms. The van der Waals surface area contributed by atoms with Crippen LogP contribution >= 0.6 is 11.8 Å². The number of morpholine rings is 1. The van der Waals surface area contributed by atoms with Gasteiger partial charge in [-0.1, -0.05) is 26.2 Å². The van der Waals surface area contributed by atoms with Gasteiger partial charge in [0.15, 0.2) is 0 Å². The maximum Gasteiger partial charge on any atom is 0.315 e. The van der Waals surface area contributed by atoms with Gasteiger partial charge >= 0.3 is 6.03 Å². The molecule has 0 aromatic rings. The molecule has 2 unspecified atom stereocenters. The average molecular weight is 344 g/mol. The first-order valence-corrected chi connectivity index (χ1v) is 10.3. The van der Waals surface area contributed by atoms with Crippen molar-refractivity contribution in [1.29, 1.82) is 0 Å². The lowest BCUT2D eigenvalue weighted by Crippen LogP contribution is -2.60. The Morgan fingerprint density at radius 1 is 1.35 bits per heavy atom. The molecule has 2 fully saturated rings. The highest BCUT2D eigenvalue weighted by Crippen LogP contribution is 2.33. The van der Waals surface area contributed by atoms with E-state index in [0.717, 1.165) is 51.4 Å². The van der Waals surface area contributed by atoms with Gasteiger partial charge in [0.2, 0.25) is 0 Å². The summed E-state index contributed by atoms with van der Waals surface area (Å²) in [6.07, 6.45) is 5.87. The van der Waals surface area contributed by atoms with E-state index in [1.165, 1.54) is 25.0 Å². The van der Waals surface area contributed by atoms with Crippen LogP contribution in [0.25, 0.3) is 0 Å². The van der Waals surface area contributed by atoms with E-state index in [1.807, 2.05) is 11.8 Å². The molecule has 134 valence electrons. The third kappa shape index (κ3) is 5.84. The highest BCUT2D eigenvalue weighted by molar-refractivity contribution is 7.99. The Labute approximate surface area is 145 Å². The lowest BCUT2D eigenvalue weighted by atomic mass is 9.95. The highest BCUT2D eigenvalue weighted by atomic mass is 32.2. The molecule has 23 heavy (non-hydrogen) atoms. The molecule has 2 aliphatic rings. The topological polar surface area (TPSA) is 53.6 Å². The maximum absolute atomic E-state index is 12.2. The van der Waals surface area contributed by atoms with Crippen LogP contribution in [0.4, 0.5) is 4.79 Å². The number of carbonyl (C=O) groups is 1. The first-order chi connectivity index (χ1) is 11.2. The van der Waals surface area contributed by atoms with Gasteiger partial charge in [-0.3, -0.25) is 4.90 Å². The molecule has 2 amide bonds. The van der Waals surface area contributed by atoms with Crippen molar-refractivity contribution in [3.63, 3.8) is 0 Å². The van der Waals surface area contributed by atoms with Crippen LogP contribution in [-0.4, -0.2) is 66.9 Å². The van der Waals surface area contributed by atoms with Gasteiger partial charge in [-0.05, 0) is 25.5 Å². The number of ether oxygens (including phenoxy) is 1. The second kappa shape index (κ2) is 9.74. The summed E-state index contributed by atoms with van der Waals surface area (Å²) in [5, 5.41) is 6.22. The number of nitrogens with zero attached hydrogens (tertiary/aromatic N) is 1. The van der Waals surface area contributed by atoms with E-state index >= 15 is 0 Å². The van der Waals surface area contributed by atoms with Gasteiger partial charge in [0.1, 0.15) is 0 Å². The monoisotopic (exact) mass is 343 g/mol. The van der Waals surface area contributed by atoms with E-state index in [4.69, 9.17) is 4.74 Å². The third-order valence-electron chi connectivity index (χ3n) is 4.96. The van der Waals surface area contributed by atoms with Gasteiger partial charge < -0.3 is 15.4 Å². The zero-order valence-electron chi connectivity index (χ0n) is 14.7. The molecule has 2 atom stereocenters. The molecule has 0 saturated carbocycles. The van der Waals surface area contributed by atoms with E-state index in [0.29, 0.717) is 0 Å². The number of hydrogen-bond acceptors (Lipinski definition) is 4. The Morgan fingerprint density at radius 3 is 2.78 bits per heavy atom. The normalized spacial score (nSPS) is 26.9. The number of rotatable bonds is 8. The summed E-state index contributed by atoms with van der Waals surface area (Å²) >= 11 is 2.00. The fourth-order valence-electron chi connectivity index (χ4n) is 3.43. The second-order valence-corrected chi connectivity index (χ2v) is 7.96. The fraction of sp³-hybridized carbons (Fsp3) is 0.941. The average Bonchev–Trinajstić information content (AvgIpc) is 3.04. The molecule has 2 N–H and O–H groups in total. The SMILES string of the molecule is CCCCCC(C)NC(=O)NCC1(N2CCOCC2)CCSC1. The first-order valence-electron chi connectivity index (χ1n) is 9.11. The molecule has 0 aliphatic carbocycles. The number of urea groups is 1. The zero-order valence-corrected chi connectivity index (χ0v) is 15.6. The van der Waals surface area contributed by atoms with Crippen molar-refractivity contribution in [3.05, 3.63) is 0 Å². The number of amides is 2. The quantitative estimate of drug-likeness (QED) is 0.665. The van der Waals surface area contributed by atoms with Gasteiger partial charge in [-0.2, -0.15) is 11.8 Å². The van der Waals surface area contributed by atoms with Crippen LogP contribution in [-0.2, 0) is 4.74 Å². The lowest BCUT2D eigenvalue weighted by Gasteiger charge is -2.43. The smallest absolute Gasteiger partial charge is 0.315 e. The molecule has 0 bridgehead atoms. The van der Waals surface area contributed by atoms with Gasteiger partial charge in [0, 0.05) is 37.0 Å². The first kappa shape index (κ1) is 18.9. The Kier molecular flexibility index (Phi) is 7.99. The van der Waals surface area contributed by atoms with Gasteiger partial charge in [0.25, 0.3) is 0 Å². The third-order valence-corrected chi connectivity index (χ3v) is 6.19. The summed E-state index contributed by atoms with van der Waals surface area (Å²) in [6.45, 7) is 8.64. The summed E-state index contributed by atoms with van der Waals surface area (Å²) in [5.74, 6) is 2.30. The number of carbonyl (C=O) groups excluding carboxylic acids is 1. The molecule has 0 aromatic carbocycles. The van der Waals surface area contributed by atoms with Crippen LogP contribution in [0.2, 0.25) is 0 Å². The van der Waals surface area contributed by atoms with Crippen LogP contribution in [0.5, 0.6) is 0 Å². The van der Waals surface area contributed by atoms with E-state index in [2.05, 4.69) is 29.4 Å². The zero-order chi connectivity index (χ0) is 16.5. The van der Waals surface area contributed by atoms with Crippen molar-refractivity contribution in [2.45, 2.75) is 57.5 Å². The summed E-state index contributed by atoms with van der Waals surface area (Å²) in [5.41, 5.74) is 0.122. The predicted octanol–water partition coefficient (Wildman–Crippen LogP) is 2.46. The molecule has 5 nitrogen and oxygen atoms in total. The van der Waals surface area contributed by atoms with Gasteiger partial charge in [-0.25, -0.2) is 4.79 Å². The molecule has 2 aliphatic heterocycles. The maximum atomic E-state index is 12.2. The molecule has 0 radical (unpaired) electrons. The summed E-state index contributed by atoms with van der Waals surface area (Å²) in [6, 6.07) is 0.234. The van der Waals surface area contributed by atoms with Crippen LogP contribution in [0.3, 0.4) is 0 Å². The van der Waals surface area contributed by atoms with Gasteiger partial charge in [-0.15, -0.1) is 0 Å². The molecule has 2 saturated heterocycles. The van der Waals surface area contributed by atoms with Crippen LogP contribution in [0, 0.1) is 0 Å². The lowest BCUT2D eigenvalue weighted by molar-refractivity contribution is -0.0124. The van der Waals surface area contributed by atoms with Crippen LogP contribution in [0.1, 0.15) is 46.0 Å². The summed E-state index contributed by atoms with van der Waals surface area (Å²) in [7, 11) is 0. The van der Waals surface area contributed by atoms with Crippen LogP contribution < -0.4 is 10.6 Å². The Bertz CT molecular complexity index is 356. The largest absolute Gasteiger partial charge is 0.379 e. The highest BCUT2D eigenvalue weighted by Gasteiger charge is 2.40. The number of unbranched alkanes of at least 4 members (excludes halogenated alkanes) is 2. The number of hydrogen-bond donors (Lipinski definition) is 2. The van der Waals surface area contributed by atoms with E-state index < -0.39 is 0 Å². The Morgan fingerprint density at radius 2 is 2.13 bits per heavy atom. The number of thioether (sulfide) groups is 1. The van der Waals surface area contributed by atoms with Crippen molar-refractivity contribution in [2.24, 2.45) is 0 Å². The Hall–Kier alpha value is -0.460. The fourth-order valence-corrected chi connectivity index (χ4v) is 4.90. The molecule has 2 heterocycles. The molecule has 0 aromatic heterocycles.